The van der Waals surface area contributed by atoms with Crippen LogP contribution in [0, 0.1) is 6.92 Å². The highest BCUT2D eigenvalue weighted by Crippen LogP contribution is 2.52. The van der Waals surface area contributed by atoms with Crippen LogP contribution in [-0.4, -0.2) is 52.6 Å². The molecule has 3 rings (SSSR count). The van der Waals surface area contributed by atoms with Gasteiger partial charge in [-0.15, -0.1) is 11.8 Å². The maximum atomic E-state index is 12.3. The van der Waals surface area contributed by atoms with Crippen molar-refractivity contribution in [2.75, 3.05) is 0 Å². The predicted octanol–water partition coefficient (Wildman–Crippen LogP) is 1.22. The van der Waals surface area contributed by atoms with Gasteiger partial charge in [-0.1, -0.05) is 17.7 Å². The van der Waals surface area contributed by atoms with Crippen molar-refractivity contribution in [3.05, 3.63) is 29.8 Å². The molecule has 24 heavy (non-hydrogen) atoms. The Morgan fingerprint density at radius 2 is 1.88 bits per heavy atom. The third-order valence-electron chi connectivity index (χ3n) is 4.17. The largest absolute Gasteiger partial charge is 0.480 e. The van der Waals surface area contributed by atoms with E-state index in [1.165, 1.54) is 28.8 Å². The number of rotatable bonds is 4. The van der Waals surface area contributed by atoms with Gasteiger partial charge < -0.3 is 10.0 Å². The number of carbonyl (C=O) groups excluding carboxylic acids is 1. The molecule has 9 heteroatoms. The summed E-state index contributed by atoms with van der Waals surface area (Å²) >= 11 is 1.24. The van der Waals surface area contributed by atoms with E-state index in [4.69, 9.17) is 4.18 Å². The van der Waals surface area contributed by atoms with Crippen molar-refractivity contribution in [3.8, 4) is 0 Å². The first kappa shape index (κ1) is 17.2. The SMILES string of the molecule is Cc1ccc(S(=O)(=O)O[C@@H]2C(=O)N3[C@@H]2SC(C)(C)[C@@H]3C(=O)O)cc1. The molecule has 0 bridgehead atoms. The van der Waals surface area contributed by atoms with E-state index in [1.54, 1.807) is 26.0 Å². The van der Waals surface area contributed by atoms with Crippen molar-refractivity contribution in [2.24, 2.45) is 0 Å². The molecule has 0 unspecified atom stereocenters. The fourth-order valence-corrected chi connectivity index (χ4v) is 5.68. The van der Waals surface area contributed by atoms with Gasteiger partial charge in [-0.3, -0.25) is 4.79 Å². The lowest BCUT2D eigenvalue weighted by Crippen LogP contribution is -2.66. The molecule has 1 aromatic carbocycles. The molecule has 0 radical (unpaired) electrons. The van der Waals surface area contributed by atoms with Crippen molar-refractivity contribution in [3.63, 3.8) is 0 Å². The van der Waals surface area contributed by atoms with Gasteiger partial charge in [0.2, 0.25) is 0 Å². The summed E-state index contributed by atoms with van der Waals surface area (Å²) < 4.78 is 29.1. The van der Waals surface area contributed by atoms with Crippen molar-refractivity contribution in [1.29, 1.82) is 0 Å². The van der Waals surface area contributed by atoms with E-state index < -0.39 is 44.3 Å². The number of fused-ring (bicyclic) bond motifs is 1. The first-order chi connectivity index (χ1) is 11.0. The molecule has 0 aliphatic carbocycles. The maximum absolute atomic E-state index is 12.3. The average Bonchev–Trinajstić information content (AvgIpc) is 2.74. The van der Waals surface area contributed by atoms with Gasteiger partial charge in [0.05, 0.1) is 4.90 Å². The molecule has 1 aromatic rings. The van der Waals surface area contributed by atoms with Gasteiger partial charge in [0.1, 0.15) is 11.4 Å². The summed E-state index contributed by atoms with van der Waals surface area (Å²) in [7, 11) is -4.09. The zero-order chi connectivity index (χ0) is 17.9. The molecular formula is C15H17NO6S2. The van der Waals surface area contributed by atoms with E-state index in [0.717, 1.165) is 5.56 Å². The Kier molecular flexibility index (Phi) is 3.93. The van der Waals surface area contributed by atoms with E-state index in [9.17, 15) is 23.1 Å². The number of carbonyl (C=O) groups is 2. The number of aryl methyl sites for hydroxylation is 1. The predicted molar refractivity (Wildman–Crippen MR) is 87.0 cm³/mol. The molecule has 0 aromatic heterocycles. The Labute approximate surface area is 144 Å². The molecular weight excluding hydrogens is 354 g/mol. The van der Waals surface area contributed by atoms with Crippen LogP contribution in [0.1, 0.15) is 19.4 Å². The van der Waals surface area contributed by atoms with Gasteiger partial charge in [-0.25, -0.2) is 8.98 Å². The molecule has 1 amide bonds. The molecule has 130 valence electrons. The van der Waals surface area contributed by atoms with Crippen LogP contribution in [0.25, 0.3) is 0 Å². The third-order valence-corrected chi connectivity index (χ3v) is 7.02. The molecule has 0 spiro atoms. The number of hydrogen-bond donors (Lipinski definition) is 1. The van der Waals surface area contributed by atoms with Crippen LogP contribution in [0.15, 0.2) is 29.2 Å². The van der Waals surface area contributed by atoms with E-state index in [2.05, 4.69) is 0 Å². The lowest BCUT2D eigenvalue weighted by molar-refractivity contribution is -0.167. The zero-order valence-corrected chi connectivity index (χ0v) is 14.9. The van der Waals surface area contributed by atoms with E-state index in [0.29, 0.717) is 0 Å². The second-order valence-corrected chi connectivity index (χ2v) is 9.73. The maximum Gasteiger partial charge on any atom is 0.327 e. The monoisotopic (exact) mass is 371 g/mol. The lowest BCUT2D eigenvalue weighted by atomic mass is 9.97. The number of benzene rings is 1. The third kappa shape index (κ3) is 2.60. The average molecular weight is 371 g/mol. The first-order valence-corrected chi connectivity index (χ1v) is 9.56. The van der Waals surface area contributed by atoms with Gasteiger partial charge in [-0.05, 0) is 32.9 Å². The van der Waals surface area contributed by atoms with Crippen LogP contribution in [-0.2, 0) is 23.9 Å². The number of nitrogens with zero attached hydrogens (tertiary/aromatic N) is 1. The van der Waals surface area contributed by atoms with Gasteiger partial charge in [-0.2, -0.15) is 8.42 Å². The zero-order valence-electron chi connectivity index (χ0n) is 13.3. The second kappa shape index (κ2) is 5.47. The number of amides is 1. The molecule has 3 atom stereocenters. The minimum absolute atomic E-state index is 0.0311. The van der Waals surface area contributed by atoms with Gasteiger partial charge in [0.15, 0.2) is 6.10 Å². The van der Waals surface area contributed by atoms with Crippen LogP contribution in [0.5, 0.6) is 0 Å². The minimum Gasteiger partial charge on any atom is -0.480 e. The van der Waals surface area contributed by atoms with E-state index in [1.807, 2.05) is 6.92 Å². The highest BCUT2D eigenvalue weighted by atomic mass is 32.2. The van der Waals surface area contributed by atoms with Crippen molar-refractivity contribution in [1.82, 2.24) is 4.90 Å². The molecule has 2 heterocycles. The number of carboxylic acids is 1. The number of thioether (sulfide) groups is 1. The molecule has 1 N–H and O–H groups in total. The Bertz CT molecular complexity index is 802. The van der Waals surface area contributed by atoms with E-state index in [-0.39, 0.29) is 4.90 Å². The quantitative estimate of drug-likeness (QED) is 0.627. The number of aliphatic carboxylic acids is 1. The Morgan fingerprint density at radius 3 is 2.42 bits per heavy atom. The summed E-state index contributed by atoms with van der Waals surface area (Å²) in [5.74, 6) is -1.72. The summed E-state index contributed by atoms with van der Waals surface area (Å²) in [5, 5.41) is 8.73. The highest BCUT2D eigenvalue weighted by Gasteiger charge is 2.65. The van der Waals surface area contributed by atoms with Crippen LogP contribution in [0.2, 0.25) is 0 Å². The van der Waals surface area contributed by atoms with Gasteiger partial charge in [0, 0.05) is 4.75 Å². The van der Waals surface area contributed by atoms with Gasteiger partial charge in [0.25, 0.3) is 16.0 Å². The number of β-lactam (4-membered cyclic amide) rings is 1. The standard InChI is InChI=1S/C15H17NO6S2/c1-8-4-6-9(7-5-8)24(20,21)22-10-12(17)16-11(14(18)19)15(2,3)23-13(10)16/h4-7,10-11,13H,1-3H3,(H,18,19)/t10-,11+,13-/m1/s1. The van der Waals surface area contributed by atoms with Crippen LogP contribution < -0.4 is 0 Å². The van der Waals surface area contributed by atoms with Crippen LogP contribution >= 0.6 is 11.8 Å². The molecule has 7 nitrogen and oxygen atoms in total. The highest BCUT2D eigenvalue weighted by molar-refractivity contribution is 8.01. The molecule has 0 saturated carbocycles. The van der Waals surface area contributed by atoms with Crippen LogP contribution in [0.4, 0.5) is 0 Å². The molecule has 2 fully saturated rings. The Balaban J connectivity index is 1.82. The van der Waals surface area contributed by atoms with Gasteiger partial charge >= 0.3 is 5.97 Å². The second-order valence-electron chi connectivity index (χ2n) is 6.38. The number of hydrogen-bond acceptors (Lipinski definition) is 6. The lowest BCUT2D eigenvalue weighted by Gasteiger charge is -2.42. The number of carboxylic acid groups (broad SMARTS) is 1. The van der Waals surface area contributed by atoms with E-state index >= 15 is 0 Å². The van der Waals surface area contributed by atoms with Crippen LogP contribution in [0.3, 0.4) is 0 Å². The minimum atomic E-state index is -4.09. The summed E-state index contributed by atoms with van der Waals surface area (Å²) in [4.78, 5) is 24.9. The molecule has 2 saturated heterocycles. The Morgan fingerprint density at radius 1 is 1.29 bits per heavy atom. The fraction of sp³-hybridized carbons (Fsp3) is 0.467. The van der Waals surface area contributed by atoms with Crippen molar-refractivity contribution in [2.45, 2.75) is 47.9 Å². The Hall–Kier alpha value is -1.58. The molecule has 2 aliphatic rings. The summed E-state index contributed by atoms with van der Waals surface area (Å²) in [6.45, 7) is 5.26. The smallest absolute Gasteiger partial charge is 0.327 e. The first-order valence-electron chi connectivity index (χ1n) is 7.27. The topological polar surface area (TPSA) is 101 Å². The summed E-state index contributed by atoms with van der Waals surface area (Å²) in [5.41, 5.74) is 0.900. The van der Waals surface area contributed by atoms with Crippen molar-refractivity contribution >= 4 is 33.8 Å². The summed E-state index contributed by atoms with van der Waals surface area (Å²) in [6.07, 6.45) is -1.19. The normalized spacial score (nSPS) is 28.4. The molecule has 2 aliphatic heterocycles. The fourth-order valence-electron chi connectivity index (χ4n) is 2.96. The van der Waals surface area contributed by atoms with Crippen molar-refractivity contribution < 1.29 is 27.3 Å². The summed E-state index contributed by atoms with van der Waals surface area (Å²) in [6, 6.07) is 5.11.